The van der Waals surface area contributed by atoms with Crippen molar-refractivity contribution in [2.24, 2.45) is 5.41 Å². The quantitative estimate of drug-likeness (QED) is 0.364. The molecule has 0 spiro atoms. The lowest BCUT2D eigenvalue weighted by Gasteiger charge is -2.20. The molecular weight excluding hydrogens is 250 g/mol. The number of aliphatic hydroxyl groups excluding tert-OH is 1. The number of unbranched alkanes of at least 4 members (excludes halogenated alkanes) is 3. The summed E-state index contributed by atoms with van der Waals surface area (Å²) in [4.78, 5) is 10.9. The molecule has 0 aromatic heterocycles. The van der Waals surface area contributed by atoms with E-state index in [1.54, 1.807) is 0 Å². The van der Waals surface area contributed by atoms with Crippen molar-refractivity contribution in [3.05, 3.63) is 0 Å². The molecule has 0 amide bonds. The Bertz CT molecular complexity index is 257. The van der Waals surface area contributed by atoms with Crippen molar-refractivity contribution in [1.29, 1.82) is 0 Å². The van der Waals surface area contributed by atoms with Crippen LogP contribution in [0.4, 0.5) is 0 Å². The van der Waals surface area contributed by atoms with Crippen LogP contribution in [0.3, 0.4) is 0 Å². The summed E-state index contributed by atoms with van der Waals surface area (Å²) in [5.41, 5.74) is 0.145. The summed E-state index contributed by atoms with van der Waals surface area (Å²) in [6.07, 6.45) is 6.93. The van der Waals surface area contributed by atoms with Crippen LogP contribution in [0.2, 0.25) is 0 Å². The molecule has 106 valence electrons. The maximum Gasteiger partial charge on any atom is 0.305 e. The second kappa shape index (κ2) is 8.02. The average Bonchev–Trinajstić information content (AvgIpc) is 3.13. The number of rotatable bonds is 10. The topological polar surface area (TPSA) is 49.8 Å². The van der Waals surface area contributed by atoms with E-state index in [1.807, 2.05) is 4.31 Å². The van der Waals surface area contributed by atoms with E-state index in [2.05, 4.69) is 17.6 Å². The van der Waals surface area contributed by atoms with Crippen LogP contribution < -0.4 is 0 Å². The third-order valence-electron chi connectivity index (χ3n) is 3.59. The van der Waals surface area contributed by atoms with Gasteiger partial charge in [-0.2, -0.15) is 0 Å². The van der Waals surface area contributed by atoms with Crippen molar-refractivity contribution < 1.29 is 14.6 Å². The normalized spacial score (nSPS) is 16.9. The second-order valence-electron chi connectivity index (χ2n) is 5.29. The van der Waals surface area contributed by atoms with Gasteiger partial charge < -0.3 is 9.84 Å². The van der Waals surface area contributed by atoms with Gasteiger partial charge in [-0.1, -0.05) is 25.7 Å². The van der Waals surface area contributed by atoms with Gasteiger partial charge in [0, 0.05) is 31.5 Å². The highest BCUT2D eigenvalue weighted by atomic mass is 32.1. The largest absolute Gasteiger partial charge is 0.469 e. The van der Waals surface area contributed by atoms with Gasteiger partial charge in [0.15, 0.2) is 0 Å². The second-order valence-corrected chi connectivity index (χ2v) is 5.85. The van der Waals surface area contributed by atoms with Gasteiger partial charge in [0.1, 0.15) is 0 Å². The maximum atomic E-state index is 10.9. The lowest BCUT2D eigenvalue weighted by atomic mass is 10.1. The van der Waals surface area contributed by atoms with Crippen molar-refractivity contribution >= 4 is 18.8 Å². The summed E-state index contributed by atoms with van der Waals surface area (Å²) in [5, 5.41) is 9.22. The zero-order valence-electron chi connectivity index (χ0n) is 11.2. The lowest BCUT2D eigenvalue weighted by molar-refractivity contribution is -0.140. The van der Waals surface area contributed by atoms with E-state index in [0.29, 0.717) is 6.42 Å². The standard InChI is InChI=1S/C13H25NO3S/c1-17-12(16)6-4-2-3-5-9-14(18)10-13(11-15)7-8-13/h15,18H,2-11H2,1H3. The number of carbonyl (C=O) groups excluding carboxylic acids is 1. The highest BCUT2D eigenvalue weighted by Gasteiger charge is 2.42. The van der Waals surface area contributed by atoms with Gasteiger partial charge in [0.05, 0.1) is 7.11 Å². The smallest absolute Gasteiger partial charge is 0.305 e. The zero-order chi connectivity index (χ0) is 13.4. The minimum atomic E-state index is -0.121. The molecular formula is C13H25NO3S. The molecule has 0 aromatic rings. The Morgan fingerprint density at radius 2 is 2.00 bits per heavy atom. The number of hydrogen-bond donors (Lipinski definition) is 2. The monoisotopic (exact) mass is 275 g/mol. The van der Waals surface area contributed by atoms with Gasteiger partial charge in [0.25, 0.3) is 0 Å². The van der Waals surface area contributed by atoms with Crippen LogP contribution in [-0.4, -0.2) is 42.2 Å². The number of esters is 1. The van der Waals surface area contributed by atoms with E-state index in [-0.39, 0.29) is 18.0 Å². The maximum absolute atomic E-state index is 10.9. The van der Waals surface area contributed by atoms with E-state index < -0.39 is 0 Å². The van der Waals surface area contributed by atoms with Gasteiger partial charge in [-0.25, -0.2) is 0 Å². The number of aliphatic hydroxyl groups is 1. The van der Waals surface area contributed by atoms with Gasteiger partial charge in [-0.3, -0.25) is 9.10 Å². The summed E-state index contributed by atoms with van der Waals surface area (Å²) >= 11 is 4.44. The number of hydrogen-bond acceptors (Lipinski definition) is 5. The molecule has 4 nitrogen and oxygen atoms in total. The third kappa shape index (κ3) is 6.07. The molecule has 1 aliphatic carbocycles. The molecule has 0 bridgehead atoms. The minimum absolute atomic E-state index is 0.121. The van der Waals surface area contributed by atoms with Crippen molar-refractivity contribution in [3.63, 3.8) is 0 Å². The molecule has 5 heteroatoms. The average molecular weight is 275 g/mol. The van der Waals surface area contributed by atoms with E-state index >= 15 is 0 Å². The highest BCUT2D eigenvalue weighted by molar-refractivity contribution is 7.77. The molecule has 1 N–H and O–H groups in total. The first kappa shape index (κ1) is 15.8. The van der Waals surface area contributed by atoms with Crippen LogP contribution >= 0.6 is 12.8 Å². The molecule has 0 heterocycles. The molecule has 0 aliphatic heterocycles. The predicted molar refractivity (Wildman–Crippen MR) is 74.4 cm³/mol. The molecule has 0 atom stereocenters. The van der Waals surface area contributed by atoms with Crippen LogP contribution in [0.15, 0.2) is 0 Å². The Balaban J connectivity index is 1.93. The summed E-state index contributed by atoms with van der Waals surface area (Å²) in [6, 6.07) is 0. The van der Waals surface area contributed by atoms with E-state index in [9.17, 15) is 9.90 Å². The van der Waals surface area contributed by atoms with Crippen LogP contribution in [-0.2, 0) is 9.53 Å². The third-order valence-corrected chi connectivity index (χ3v) is 3.93. The van der Waals surface area contributed by atoms with Crippen LogP contribution in [0.25, 0.3) is 0 Å². The molecule has 18 heavy (non-hydrogen) atoms. The molecule has 0 unspecified atom stereocenters. The minimum Gasteiger partial charge on any atom is -0.469 e. The fourth-order valence-corrected chi connectivity index (χ4v) is 2.47. The Morgan fingerprint density at radius 3 is 2.56 bits per heavy atom. The fraction of sp³-hybridized carbons (Fsp3) is 0.923. The molecule has 1 aliphatic rings. The molecule has 0 saturated heterocycles. The highest BCUT2D eigenvalue weighted by Crippen LogP contribution is 2.45. The molecule has 1 fully saturated rings. The van der Waals surface area contributed by atoms with E-state index in [1.165, 1.54) is 7.11 Å². The van der Waals surface area contributed by atoms with Gasteiger partial charge in [0.2, 0.25) is 0 Å². The molecule has 1 rings (SSSR count). The molecule has 0 radical (unpaired) electrons. The summed E-state index contributed by atoms with van der Waals surface area (Å²) in [7, 11) is 1.43. The van der Waals surface area contributed by atoms with Crippen molar-refractivity contribution in [2.45, 2.75) is 44.9 Å². The zero-order valence-corrected chi connectivity index (χ0v) is 12.1. The number of thiol groups is 1. The van der Waals surface area contributed by atoms with Crippen molar-refractivity contribution in [1.82, 2.24) is 4.31 Å². The molecule has 0 aromatic carbocycles. The number of ether oxygens (including phenoxy) is 1. The number of nitrogens with zero attached hydrogens (tertiary/aromatic N) is 1. The molecule has 1 saturated carbocycles. The van der Waals surface area contributed by atoms with Crippen LogP contribution in [0, 0.1) is 5.41 Å². The van der Waals surface area contributed by atoms with Crippen molar-refractivity contribution in [3.8, 4) is 0 Å². The van der Waals surface area contributed by atoms with Gasteiger partial charge in [-0.15, -0.1) is 0 Å². The fourth-order valence-electron chi connectivity index (χ4n) is 2.03. The summed E-state index contributed by atoms with van der Waals surface area (Å²) in [6.45, 7) is 2.11. The summed E-state index contributed by atoms with van der Waals surface area (Å²) < 4.78 is 6.60. The first-order valence-corrected chi connectivity index (χ1v) is 7.13. The Labute approximate surface area is 115 Å². The van der Waals surface area contributed by atoms with Crippen molar-refractivity contribution in [2.75, 3.05) is 26.8 Å². The van der Waals surface area contributed by atoms with Gasteiger partial charge in [-0.05, 0) is 25.7 Å². The predicted octanol–water partition coefficient (Wildman–Crippen LogP) is 2.03. The summed E-state index contributed by atoms with van der Waals surface area (Å²) in [5.74, 6) is -0.121. The van der Waals surface area contributed by atoms with Gasteiger partial charge >= 0.3 is 5.97 Å². The first-order valence-electron chi connectivity index (χ1n) is 6.73. The SMILES string of the molecule is COC(=O)CCCCCCN(S)CC1(CO)CC1. The Hall–Kier alpha value is -0.260. The van der Waals surface area contributed by atoms with Crippen LogP contribution in [0.1, 0.15) is 44.9 Å². The lowest BCUT2D eigenvalue weighted by Crippen LogP contribution is -2.25. The van der Waals surface area contributed by atoms with E-state index in [0.717, 1.165) is 51.6 Å². The number of carbonyl (C=O) groups is 1. The number of methoxy groups -OCH3 is 1. The first-order chi connectivity index (χ1) is 8.62. The Morgan fingerprint density at radius 1 is 1.33 bits per heavy atom. The van der Waals surface area contributed by atoms with Crippen LogP contribution in [0.5, 0.6) is 0 Å². The van der Waals surface area contributed by atoms with E-state index in [4.69, 9.17) is 0 Å². The Kier molecular flexibility index (Phi) is 7.04.